The molecule has 0 saturated heterocycles. The Balaban J connectivity index is 3.94. The van der Waals surface area contributed by atoms with Crippen molar-refractivity contribution in [1.29, 1.82) is 0 Å². The van der Waals surface area contributed by atoms with Crippen molar-refractivity contribution in [3.8, 4) is 0 Å². The molecule has 0 aliphatic rings. The fourth-order valence-corrected chi connectivity index (χ4v) is 1.01. The number of esters is 1. The summed E-state index contributed by atoms with van der Waals surface area (Å²) in [5.74, 6) is -0.450. The zero-order valence-electron chi connectivity index (χ0n) is 8.06. The number of carbonyl (C=O) groups excluding carboxylic acids is 1. The van der Waals surface area contributed by atoms with Crippen LogP contribution in [-0.4, -0.2) is 19.1 Å². The summed E-state index contributed by atoms with van der Waals surface area (Å²) in [6.45, 7) is 2.07. The second kappa shape index (κ2) is 7.43. The molecule has 0 aromatic heterocycles. The van der Waals surface area contributed by atoms with Crippen molar-refractivity contribution in [2.75, 3.05) is 7.11 Å². The molecule has 0 rings (SSSR count). The summed E-state index contributed by atoms with van der Waals surface area (Å²) >= 11 is 0. The van der Waals surface area contributed by atoms with E-state index in [1.807, 2.05) is 0 Å². The van der Waals surface area contributed by atoms with Gasteiger partial charge in [0.1, 0.15) is 6.04 Å². The molecule has 5 heteroatoms. The second-order valence-corrected chi connectivity index (χ2v) is 2.74. The first-order valence-electron chi connectivity index (χ1n) is 4.38. The summed E-state index contributed by atoms with van der Waals surface area (Å²) in [6, 6.07) is -0.651. The van der Waals surface area contributed by atoms with Gasteiger partial charge in [0.15, 0.2) is 0 Å². The molecule has 0 radical (unpaired) electrons. The highest BCUT2D eigenvalue weighted by molar-refractivity contribution is 5.75. The summed E-state index contributed by atoms with van der Waals surface area (Å²) in [4.78, 5) is 13.6. The van der Waals surface area contributed by atoms with Crippen molar-refractivity contribution in [3.63, 3.8) is 0 Å². The third kappa shape index (κ3) is 5.09. The smallest absolute Gasteiger partial charge is 0.314 e. The van der Waals surface area contributed by atoms with Crippen molar-refractivity contribution >= 4 is 5.97 Å². The third-order valence-corrected chi connectivity index (χ3v) is 1.75. The summed E-state index contributed by atoms with van der Waals surface area (Å²) in [7, 11) is 1.29. The van der Waals surface area contributed by atoms with Gasteiger partial charge in [0, 0.05) is 4.91 Å². The summed E-state index contributed by atoms with van der Waals surface area (Å²) < 4.78 is 4.49. The Labute approximate surface area is 77.7 Å². The molecule has 0 aromatic rings. The zero-order chi connectivity index (χ0) is 10.1. The number of rotatable bonds is 6. The van der Waals surface area contributed by atoms with Crippen LogP contribution in [0.15, 0.2) is 5.11 Å². The van der Waals surface area contributed by atoms with Crippen LogP contribution in [0.5, 0.6) is 0 Å². The lowest BCUT2D eigenvalue weighted by Crippen LogP contribution is -2.19. The Kier molecular flexibility index (Phi) is 6.73. The summed E-state index contributed by atoms with van der Waals surface area (Å²) in [5.41, 5.74) is 8.19. The van der Waals surface area contributed by atoms with Crippen molar-refractivity contribution in [1.82, 2.24) is 0 Å². The van der Waals surface area contributed by atoms with Crippen LogP contribution in [0.2, 0.25) is 0 Å². The Morgan fingerprint density at radius 3 is 2.77 bits per heavy atom. The van der Waals surface area contributed by atoms with E-state index in [0.29, 0.717) is 6.42 Å². The second-order valence-electron chi connectivity index (χ2n) is 2.74. The molecule has 0 bridgehead atoms. The van der Waals surface area contributed by atoms with Crippen LogP contribution in [0.25, 0.3) is 10.4 Å². The van der Waals surface area contributed by atoms with E-state index >= 15 is 0 Å². The Morgan fingerprint density at radius 1 is 1.62 bits per heavy atom. The molecule has 5 nitrogen and oxygen atoms in total. The van der Waals surface area contributed by atoms with Gasteiger partial charge in [0.25, 0.3) is 0 Å². The van der Waals surface area contributed by atoms with E-state index in [9.17, 15) is 4.79 Å². The first-order valence-corrected chi connectivity index (χ1v) is 4.38. The fourth-order valence-electron chi connectivity index (χ4n) is 1.01. The lowest BCUT2D eigenvalue weighted by atomic mass is 10.1. The first-order chi connectivity index (χ1) is 6.26. The van der Waals surface area contributed by atoms with Crippen LogP contribution in [0.4, 0.5) is 0 Å². The summed E-state index contributed by atoms with van der Waals surface area (Å²) in [6.07, 6.45) is 3.57. The molecule has 0 aliphatic carbocycles. The van der Waals surface area contributed by atoms with Gasteiger partial charge in [-0.15, -0.1) is 0 Å². The van der Waals surface area contributed by atoms with Crippen molar-refractivity contribution in [2.45, 2.75) is 38.6 Å². The predicted octanol–water partition coefficient (Wildman–Crippen LogP) is 2.42. The van der Waals surface area contributed by atoms with Gasteiger partial charge in [0.05, 0.1) is 7.11 Å². The number of hydrogen-bond donors (Lipinski definition) is 0. The van der Waals surface area contributed by atoms with Crippen LogP contribution in [0.1, 0.15) is 32.6 Å². The van der Waals surface area contributed by atoms with Gasteiger partial charge in [-0.3, -0.25) is 4.79 Å². The van der Waals surface area contributed by atoms with Crippen LogP contribution in [0, 0.1) is 0 Å². The quantitative estimate of drug-likeness (QED) is 0.209. The Hall–Kier alpha value is -1.22. The van der Waals surface area contributed by atoms with Gasteiger partial charge in [-0.25, -0.2) is 0 Å². The maximum Gasteiger partial charge on any atom is 0.314 e. The van der Waals surface area contributed by atoms with E-state index in [2.05, 4.69) is 21.7 Å². The molecule has 0 unspecified atom stereocenters. The number of nitrogens with zero attached hydrogens (tertiary/aromatic N) is 3. The molecule has 0 aliphatic heterocycles. The van der Waals surface area contributed by atoms with Crippen molar-refractivity contribution in [3.05, 3.63) is 10.4 Å². The molecule has 0 spiro atoms. The zero-order valence-corrected chi connectivity index (χ0v) is 8.06. The lowest BCUT2D eigenvalue weighted by Gasteiger charge is -2.07. The van der Waals surface area contributed by atoms with E-state index in [-0.39, 0.29) is 0 Å². The number of hydrogen-bond acceptors (Lipinski definition) is 3. The van der Waals surface area contributed by atoms with Gasteiger partial charge in [-0.05, 0) is 12.0 Å². The SMILES string of the molecule is CCCCC[C@@H](N=[N+]=[N-])C(=O)OC. The molecule has 1 atom stereocenters. The highest BCUT2D eigenvalue weighted by Gasteiger charge is 2.15. The minimum Gasteiger partial charge on any atom is -0.469 e. The summed E-state index contributed by atoms with van der Waals surface area (Å²) in [5, 5.41) is 3.37. The largest absolute Gasteiger partial charge is 0.469 e. The molecule has 0 aromatic carbocycles. The van der Waals surface area contributed by atoms with Crippen LogP contribution >= 0.6 is 0 Å². The highest BCUT2D eigenvalue weighted by Crippen LogP contribution is 2.08. The average Bonchev–Trinajstić information content (AvgIpc) is 2.16. The Morgan fingerprint density at radius 2 is 2.31 bits per heavy atom. The minimum atomic E-state index is -0.651. The number of carbonyl (C=O) groups is 1. The van der Waals surface area contributed by atoms with E-state index in [0.717, 1.165) is 19.3 Å². The molecule has 0 amide bonds. The van der Waals surface area contributed by atoms with Crippen LogP contribution < -0.4 is 0 Å². The molecular weight excluding hydrogens is 170 g/mol. The Bertz CT molecular complexity index is 200. The van der Waals surface area contributed by atoms with Gasteiger partial charge in [0.2, 0.25) is 0 Å². The van der Waals surface area contributed by atoms with Crippen molar-refractivity contribution < 1.29 is 9.53 Å². The van der Waals surface area contributed by atoms with Gasteiger partial charge in [-0.2, -0.15) is 0 Å². The van der Waals surface area contributed by atoms with E-state index in [4.69, 9.17) is 5.53 Å². The number of methoxy groups -OCH3 is 1. The first kappa shape index (κ1) is 11.8. The van der Waals surface area contributed by atoms with Gasteiger partial charge in [-0.1, -0.05) is 31.3 Å². The van der Waals surface area contributed by atoms with E-state index < -0.39 is 12.0 Å². The van der Waals surface area contributed by atoms with Crippen molar-refractivity contribution in [2.24, 2.45) is 5.11 Å². The third-order valence-electron chi connectivity index (χ3n) is 1.75. The highest BCUT2D eigenvalue weighted by atomic mass is 16.5. The van der Waals surface area contributed by atoms with Gasteiger partial charge >= 0.3 is 5.97 Å². The molecule has 74 valence electrons. The molecule has 0 heterocycles. The molecule has 0 N–H and O–H groups in total. The maximum absolute atomic E-state index is 11.0. The average molecular weight is 185 g/mol. The molecule has 0 fully saturated rings. The monoisotopic (exact) mass is 185 g/mol. The number of azide groups is 1. The standard InChI is InChI=1S/C8H15N3O2/c1-3-4-5-6-7(10-11-9)8(12)13-2/h7H,3-6H2,1-2H3/t7-/m1/s1. The van der Waals surface area contributed by atoms with E-state index in [1.165, 1.54) is 7.11 Å². The topological polar surface area (TPSA) is 75.1 Å². The maximum atomic E-state index is 11.0. The number of unbranched alkanes of at least 4 members (excludes halogenated alkanes) is 2. The molecule has 13 heavy (non-hydrogen) atoms. The lowest BCUT2D eigenvalue weighted by molar-refractivity contribution is -0.142. The minimum absolute atomic E-state index is 0.450. The molecular formula is C8H15N3O2. The normalized spacial score (nSPS) is 11.5. The van der Waals surface area contributed by atoms with Crippen LogP contribution in [0.3, 0.4) is 0 Å². The fraction of sp³-hybridized carbons (Fsp3) is 0.875. The number of ether oxygens (including phenoxy) is 1. The van der Waals surface area contributed by atoms with Gasteiger partial charge < -0.3 is 4.74 Å². The molecule has 0 saturated carbocycles. The van der Waals surface area contributed by atoms with Crippen LogP contribution in [-0.2, 0) is 9.53 Å². The van der Waals surface area contributed by atoms with E-state index in [1.54, 1.807) is 0 Å². The predicted molar refractivity (Wildman–Crippen MR) is 49.1 cm³/mol.